The summed E-state index contributed by atoms with van der Waals surface area (Å²) in [6.07, 6.45) is 3.65. The van der Waals surface area contributed by atoms with E-state index in [1.165, 1.54) is 12.8 Å². The summed E-state index contributed by atoms with van der Waals surface area (Å²) in [6.45, 7) is 13.7. The third-order valence-electron chi connectivity index (χ3n) is 11.3. The van der Waals surface area contributed by atoms with Crippen LogP contribution in [-0.4, -0.2) is 47.2 Å². The molecule has 5 aliphatic rings. The second-order valence-corrected chi connectivity index (χ2v) is 16.1. The lowest BCUT2D eigenvalue weighted by Gasteiger charge is -2.39. The van der Waals surface area contributed by atoms with Crippen molar-refractivity contribution in [3.8, 4) is 0 Å². The van der Waals surface area contributed by atoms with E-state index in [4.69, 9.17) is 23.7 Å². The molecule has 3 saturated carbocycles. The number of hydrogen-bond acceptors (Lipinski definition) is 7. The fourth-order valence-electron chi connectivity index (χ4n) is 8.76. The van der Waals surface area contributed by atoms with E-state index in [2.05, 4.69) is 57.5 Å². The van der Waals surface area contributed by atoms with Gasteiger partial charge in [0.1, 0.15) is 11.5 Å². The molecule has 3 aliphatic carbocycles. The number of hydrogen-bond donors (Lipinski definition) is 0. The second-order valence-electron chi connectivity index (χ2n) is 14.8. The molecule has 6 rings (SSSR count). The van der Waals surface area contributed by atoms with Crippen LogP contribution in [0.2, 0.25) is 0 Å². The smallest absolute Gasteiger partial charge is 0.327 e. The summed E-state index contributed by atoms with van der Waals surface area (Å²) in [4.78, 5) is 27.7. The van der Waals surface area contributed by atoms with Gasteiger partial charge in [0.25, 0.3) is 0 Å². The zero-order valence-corrected chi connectivity index (χ0v) is 28.1. The lowest BCUT2D eigenvalue weighted by Crippen LogP contribution is -2.46. The maximum Gasteiger partial charge on any atom is 0.327 e. The number of esters is 2. The standard InChI is InChI=1S/C35H49BrO7/c1-19(2)24-14-12-21(5)16-26(24)40-30-28-34(35(28,36)33(38)42-30)29(39-18-23-10-8-7-9-11-23)31(43-32(34)37)41-27-17-22(6)13-15-25(27)20(3)4/h7-11,19-22,24-31H,12-18H2,1-6H3/t21-,22-,24+,25+,26-,27-,28-,29+,30-,31-,34-,35-/m1/s1. The summed E-state index contributed by atoms with van der Waals surface area (Å²) < 4.78 is 30.8. The number of alkyl halides is 1. The monoisotopic (exact) mass is 660 g/mol. The number of benzene rings is 1. The van der Waals surface area contributed by atoms with Gasteiger partial charge in [-0.2, -0.15) is 0 Å². The fraction of sp³-hybridized carbons (Fsp3) is 0.771. The maximum atomic E-state index is 14.1. The van der Waals surface area contributed by atoms with Crippen molar-refractivity contribution in [3.05, 3.63) is 35.9 Å². The summed E-state index contributed by atoms with van der Waals surface area (Å²) in [5.74, 6) is 1.15. The molecule has 2 aliphatic heterocycles. The quantitative estimate of drug-likeness (QED) is 0.208. The molecule has 7 nitrogen and oxygen atoms in total. The molecule has 1 spiro atoms. The third kappa shape index (κ3) is 5.30. The predicted octanol–water partition coefficient (Wildman–Crippen LogP) is 7.04. The van der Waals surface area contributed by atoms with Crippen molar-refractivity contribution < 1.29 is 33.3 Å². The summed E-state index contributed by atoms with van der Waals surface area (Å²) in [5.41, 5.74) is -0.309. The Morgan fingerprint density at radius 1 is 0.814 bits per heavy atom. The number of fused-ring (bicyclic) bond motifs is 3. The Bertz CT molecular complexity index is 1170. The SMILES string of the molecule is CC(C)[C@@H]1CC[C@@H](C)C[C@H]1O[C@@H]1OC(=O)[C@]2(Br)[C@H]1[C@@]21C(=O)O[C@@H](O[C@@H]2C[C@H](C)CC[C@H]2C(C)C)[C@@H]1OCc1ccccc1. The van der Waals surface area contributed by atoms with Crippen molar-refractivity contribution in [1.29, 1.82) is 0 Å². The Labute approximate surface area is 265 Å². The van der Waals surface area contributed by atoms with Crippen molar-refractivity contribution in [3.63, 3.8) is 0 Å². The maximum absolute atomic E-state index is 14.1. The topological polar surface area (TPSA) is 80.3 Å². The predicted molar refractivity (Wildman–Crippen MR) is 165 cm³/mol. The molecule has 1 aromatic carbocycles. The molecule has 0 aromatic heterocycles. The molecular formula is C35H49BrO7. The number of halogens is 1. The Morgan fingerprint density at radius 2 is 1.35 bits per heavy atom. The van der Waals surface area contributed by atoms with Crippen molar-refractivity contribution in [1.82, 2.24) is 0 Å². The molecule has 1 aromatic rings. The number of carbonyl (C=O) groups is 2. The Balaban J connectivity index is 1.30. The van der Waals surface area contributed by atoms with Crippen LogP contribution in [-0.2, 0) is 39.9 Å². The van der Waals surface area contributed by atoms with Gasteiger partial charge in [0.05, 0.1) is 24.7 Å². The van der Waals surface area contributed by atoms with Gasteiger partial charge in [0.15, 0.2) is 4.32 Å². The van der Waals surface area contributed by atoms with Crippen LogP contribution in [0.3, 0.4) is 0 Å². The first-order valence-electron chi connectivity index (χ1n) is 16.6. The summed E-state index contributed by atoms with van der Waals surface area (Å²) >= 11 is 3.74. The largest absolute Gasteiger partial charge is 0.434 e. The minimum absolute atomic E-state index is 0.0438. The lowest BCUT2D eigenvalue weighted by molar-refractivity contribution is -0.220. The van der Waals surface area contributed by atoms with Gasteiger partial charge in [-0.3, -0.25) is 9.59 Å². The van der Waals surface area contributed by atoms with Gasteiger partial charge < -0.3 is 23.7 Å². The van der Waals surface area contributed by atoms with Gasteiger partial charge in [0.2, 0.25) is 12.6 Å². The highest BCUT2D eigenvalue weighted by Gasteiger charge is 2.97. The van der Waals surface area contributed by atoms with Gasteiger partial charge in [-0.25, -0.2) is 0 Å². The molecule has 0 unspecified atom stereocenters. The average molecular weight is 662 g/mol. The molecule has 12 atom stereocenters. The van der Waals surface area contributed by atoms with Crippen molar-refractivity contribution in [2.45, 2.75) is 122 Å². The first kappa shape index (κ1) is 31.5. The first-order chi connectivity index (χ1) is 20.5. The molecule has 5 fully saturated rings. The number of cyclic esters (lactones) is 2. The first-order valence-corrected chi connectivity index (χ1v) is 17.3. The zero-order chi connectivity index (χ0) is 30.7. The van der Waals surface area contributed by atoms with E-state index in [1.54, 1.807) is 0 Å². The van der Waals surface area contributed by atoms with E-state index in [-0.39, 0.29) is 18.8 Å². The molecule has 0 radical (unpaired) electrons. The molecular weight excluding hydrogens is 612 g/mol. The molecule has 2 saturated heterocycles. The summed E-state index contributed by atoms with van der Waals surface area (Å²) in [6, 6.07) is 9.87. The minimum Gasteiger partial charge on any atom is -0.434 e. The van der Waals surface area contributed by atoms with Crippen LogP contribution >= 0.6 is 15.9 Å². The number of carbonyl (C=O) groups excluding carboxylic acids is 2. The molecule has 0 amide bonds. The Kier molecular flexibility index (Phi) is 8.82. The van der Waals surface area contributed by atoms with Crippen LogP contribution in [0.25, 0.3) is 0 Å². The van der Waals surface area contributed by atoms with E-state index in [0.29, 0.717) is 35.5 Å². The molecule has 43 heavy (non-hydrogen) atoms. The van der Waals surface area contributed by atoms with Crippen molar-refractivity contribution in [2.75, 3.05) is 0 Å². The van der Waals surface area contributed by atoms with E-state index in [9.17, 15) is 9.59 Å². The fourth-order valence-corrected chi connectivity index (χ4v) is 9.95. The number of rotatable bonds is 9. The van der Waals surface area contributed by atoms with Crippen molar-refractivity contribution >= 4 is 27.9 Å². The highest BCUT2D eigenvalue weighted by Crippen LogP contribution is 2.78. The van der Waals surface area contributed by atoms with Crippen LogP contribution in [0.15, 0.2) is 30.3 Å². The van der Waals surface area contributed by atoms with Gasteiger partial charge in [0, 0.05) is 0 Å². The van der Waals surface area contributed by atoms with E-state index < -0.39 is 46.3 Å². The molecule has 238 valence electrons. The van der Waals surface area contributed by atoms with Crippen LogP contribution < -0.4 is 0 Å². The van der Waals surface area contributed by atoms with Crippen LogP contribution in [0.5, 0.6) is 0 Å². The molecule has 2 heterocycles. The van der Waals surface area contributed by atoms with Crippen LogP contribution in [0, 0.1) is 46.8 Å². The van der Waals surface area contributed by atoms with Gasteiger partial charge in [-0.05, 0) is 66.8 Å². The third-order valence-corrected chi connectivity index (χ3v) is 12.8. The summed E-state index contributed by atoms with van der Waals surface area (Å²) in [5, 5.41) is 0. The average Bonchev–Trinajstić information content (AvgIpc) is 3.29. The second kappa shape index (κ2) is 12.0. The van der Waals surface area contributed by atoms with Crippen molar-refractivity contribution in [2.24, 2.45) is 46.8 Å². The normalized spacial score (nSPS) is 44.1. The number of ether oxygens (including phenoxy) is 5. The molecule has 0 N–H and O–H groups in total. The van der Waals surface area contributed by atoms with E-state index in [0.717, 1.165) is 31.2 Å². The minimum atomic E-state index is -1.28. The highest BCUT2D eigenvalue weighted by molar-refractivity contribution is 9.10. The highest BCUT2D eigenvalue weighted by atomic mass is 79.9. The lowest BCUT2D eigenvalue weighted by atomic mass is 9.75. The zero-order valence-electron chi connectivity index (χ0n) is 26.5. The van der Waals surface area contributed by atoms with E-state index in [1.807, 2.05) is 30.3 Å². The summed E-state index contributed by atoms with van der Waals surface area (Å²) in [7, 11) is 0. The van der Waals surface area contributed by atoms with Crippen LogP contribution in [0.1, 0.15) is 85.6 Å². The Hall–Kier alpha value is -1.48. The molecule has 8 heteroatoms. The Morgan fingerprint density at radius 3 is 1.91 bits per heavy atom. The van der Waals surface area contributed by atoms with E-state index >= 15 is 0 Å². The van der Waals surface area contributed by atoms with Gasteiger partial charge in [-0.15, -0.1) is 0 Å². The molecule has 0 bridgehead atoms. The van der Waals surface area contributed by atoms with Crippen LogP contribution in [0.4, 0.5) is 0 Å². The van der Waals surface area contributed by atoms with Gasteiger partial charge in [-0.1, -0.05) is 101 Å². The van der Waals surface area contributed by atoms with Gasteiger partial charge >= 0.3 is 11.9 Å².